The Morgan fingerprint density at radius 2 is 1.52 bits per heavy atom. The summed E-state index contributed by atoms with van der Waals surface area (Å²) >= 11 is 0. The topological polar surface area (TPSA) is 26.8 Å². The summed E-state index contributed by atoms with van der Waals surface area (Å²) in [5, 5.41) is 0. The zero-order valence-corrected chi connectivity index (χ0v) is 16.4. The van der Waals surface area contributed by atoms with E-state index in [-0.39, 0.29) is 0 Å². The summed E-state index contributed by atoms with van der Waals surface area (Å²) in [5.41, 5.74) is 0. The van der Waals surface area contributed by atoms with E-state index in [9.17, 15) is 4.79 Å². The zero-order chi connectivity index (χ0) is 17.5. The van der Waals surface area contributed by atoms with Gasteiger partial charge in [-0.15, -0.1) is 0 Å². The molecule has 0 spiro atoms. The number of piperazine rings is 1. The third-order valence-corrected chi connectivity index (χ3v) is 6.81. The standard InChI is InChI=1S/C21H39N3O/c1-22-13-10-19(11-14-22)7-5-6-12-23-15-17-24(18-16-23)21(25)20-8-3-2-4-9-20/h19-20H,2-18H2,1H3. The third kappa shape index (κ3) is 5.96. The van der Waals surface area contributed by atoms with E-state index in [1.54, 1.807) is 0 Å². The van der Waals surface area contributed by atoms with Crippen LogP contribution in [0.25, 0.3) is 0 Å². The Morgan fingerprint density at radius 3 is 2.20 bits per heavy atom. The molecular formula is C21H39N3O. The van der Waals surface area contributed by atoms with Crippen LogP contribution >= 0.6 is 0 Å². The van der Waals surface area contributed by atoms with E-state index in [1.165, 1.54) is 71.0 Å². The van der Waals surface area contributed by atoms with Gasteiger partial charge in [0.15, 0.2) is 0 Å². The maximum absolute atomic E-state index is 12.6. The fourth-order valence-electron chi connectivity index (χ4n) is 4.92. The third-order valence-electron chi connectivity index (χ3n) is 6.81. The van der Waals surface area contributed by atoms with Crippen LogP contribution < -0.4 is 0 Å². The molecule has 2 heterocycles. The summed E-state index contributed by atoms with van der Waals surface area (Å²) in [6, 6.07) is 0. The summed E-state index contributed by atoms with van der Waals surface area (Å²) in [4.78, 5) is 19.8. The Morgan fingerprint density at radius 1 is 0.840 bits per heavy atom. The molecule has 0 aromatic carbocycles. The predicted molar refractivity (Wildman–Crippen MR) is 104 cm³/mol. The summed E-state index contributed by atoms with van der Waals surface area (Å²) in [6.45, 7) is 7.93. The summed E-state index contributed by atoms with van der Waals surface area (Å²) in [6.07, 6.45) is 13.1. The fraction of sp³-hybridized carbons (Fsp3) is 0.952. The van der Waals surface area contributed by atoms with Crippen LogP contribution in [0.3, 0.4) is 0 Å². The number of piperidine rings is 1. The molecule has 4 heteroatoms. The first-order valence-corrected chi connectivity index (χ1v) is 10.9. The molecule has 25 heavy (non-hydrogen) atoms. The number of likely N-dealkylation sites (tertiary alicyclic amines) is 1. The molecule has 4 nitrogen and oxygen atoms in total. The van der Waals surface area contributed by atoms with Gasteiger partial charge < -0.3 is 9.80 Å². The lowest BCUT2D eigenvalue weighted by molar-refractivity contribution is -0.138. The maximum Gasteiger partial charge on any atom is 0.225 e. The van der Waals surface area contributed by atoms with Crippen LogP contribution in [0.1, 0.15) is 64.2 Å². The van der Waals surface area contributed by atoms with Crippen LogP contribution in [0.15, 0.2) is 0 Å². The average Bonchev–Trinajstić information content (AvgIpc) is 2.67. The van der Waals surface area contributed by atoms with Crippen molar-refractivity contribution in [1.82, 2.24) is 14.7 Å². The SMILES string of the molecule is CN1CCC(CCCCN2CCN(C(=O)C3CCCCC3)CC2)CC1. The molecule has 0 unspecified atom stereocenters. The quantitative estimate of drug-likeness (QED) is 0.689. The van der Waals surface area contributed by atoms with Crippen molar-refractivity contribution in [3.63, 3.8) is 0 Å². The normalized spacial score (nSPS) is 25.4. The lowest BCUT2D eigenvalue weighted by Crippen LogP contribution is -2.50. The summed E-state index contributed by atoms with van der Waals surface area (Å²) in [5.74, 6) is 1.78. The van der Waals surface area contributed by atoms with E-state index < -0.39 is 0 Å². The highest BCUT2D eigenvalue weighted by Crippen LogP contribution is 2.26. The highest BCUT2D eigenvalue weighted by molar-refractivity contribution is 5.79. The van der Waals surface area contributed by atoms with E-state index in [4.69, 9.17) is 0 Å². The fourth-order valence-corrected chi connectivity index (χ4v) is 4.92. The van der Waals surface area contributed by atoms with Crippen molar-refractivity contribution in [2.24, 2.45) is 11.8 Å². The molecule has 0 aromatic heterocycles. The van der Waals surface area contributed by atoms with Crippen LogP contribution in [-0.4, -0.2) is 73.5 Å². The zero-order valence-electron chi connectivity index (χ0n) is 16.4. The van der Waals surface area contributed by atoms with Gasteiger partial charge in [-0.05, 0) is 64.7 Å². The Bertz CT molecular complexity index is 392. The number of amides is 1. The molecule has 3 rings (SSSR count). The molecule has 0 atom stereocenters. The molecular weight excluding hydrogens is 310 g/mol. The number of rotatable bonds is 6. The molecule has 3 aliphatic rings. The first-order valence-electron chi connectivity index (χ1n) is 10.9. The van der Waals surface area contributed by atoms with Crippen molar-refractivity contribution >= 4 is 5.91 Å². The van der Waals surface area contributed by atoms with E-state index in [0.717, 1.165) is 44.9 Å². The molecule has 2 aliphatic heterocycles. The summed E-state index contributed by atoms with van der Waals surface area (Å²) in [7, 11) is 2.24. The van der Waals surface area contributed by atoms with E-state index in [0.29, 0.717) is 11.8 Å². The molecule has 2 saturated heterocycles. The number of carbonyl (C=O) groups is 1. The van der Waals surface area contributed by atoms with Crippen molar-refractivity contribution in [2.45, 2.75) is 64.2 Å². The van der Waals surface area contributed by atoms with Gasteiger partial charge >= 0.3 is 0 Å². The minimum absolute atomic E-state index is 0.342. The van der Waals surface area contributed by atoms with Crippen LogP contribution in [0.2, 0.25) is 0 Å². The second-order valence-electron chi connectivity index (χ2n) is 8.74. The Hall–Kier alpha value is -0.610. The van der Waals surface area contributed by atoms with Gasteiger partial charge in [0.05, 0.1) is 0 Å². The Labute approximate surface area is 154 Å². The van der Waals surface area contributed by atoms with Gasteiger partial charge in [0.25, 0.3) is 0 Å². The van der Waals surface area contributed by atoms with Crippen molar-refractivity contribution in [1.29, 1.82) is 0 Å². The second kappa shape index (κ2) is 9.91. The van der Waals surface area contributed by atoms with Crippen LogP contribution in [-0.2, 0) is 4.79 Å². The maximum atomic E-state index is 12.6. The monoisotopic (exact) mass is 349 g/mol. The molecule has 0 N–H and O–H groups in total. The number of carbonyl (C=O) groups excluding carboxylic acids is 1. The molecule has 3 fully saturated rings. The molecule has 1 aliphatic carbocycles. The van der Waals surface area contributed by atoms with Crippen molar-refractivity contribution < 1.29 is 4.79 Å². The summed E-state index contributed by atoms with van der Waals surface area (Å²) < 4.78 is 0. The van der Waals surface area contributed by atoms with Gasteiger partial charge in [0, 0.05) is 32.1 Å². The van der Waals surface area contributed by atoms with Gasteiger partial charge in [0.1, 0.15) is 0 Å². The minimum atomic E-state index is 0.342. The van der Waals surface area contributed by atoms with Crippen molar-refractivity contribution in [2.75, 3.05) is 52.9 Å². The number of nitrogens with zero attached hydrogens (tertiary/aromatic N) is 3. The van der Waals surface area contributed by atoms with E-state index in [1.807, 2.05) is 0 Å². The van der Waals surface area contributed by atoms with Crippen LogP contribution in [0.5, 0.6) is 0 Å². The molecule has 0 bridgehead atoms. The minimum Gasteiger partial charge on any atom is -0.340 e. The molecule has 1 saturated carbocycles. The highest BCUT2D eigenvalue weighted by atomic mass is 16.2. The number of unbranched alkanes of at least 4 members (excludes halogenated alkanes) is 1. The van der Waals surface area contributed by atoms with E-state index >= 15 is 0 Å². The van der Waals surface area contributed by atoms with E-state index in [2.05, 4.69) is 21.7 Å². The molecule has 144 valence electrons. The van der Waals surface area contributed by atoms with Gasteiger partial charge in [-0.3, -0.25) is 9.69 Å². The Kier molecular flexibility index (Phi) is 7.60. The lowest BCUT2D eigenvalue weighted by Gasteiger charge is -2.37. The Balaban J connectivity index is 1.26. The molecule has 1 amide bonds. The van der Waals surface area contributed by atoms with Crippen molar-refractivity contribution in [3.8, 4) is 0 Å². The van der Waals surface area contributed by atoms with Gasteiger partial charge in [-0.2, -0.15) is 0 Å². The molecule has 0 radical (unpaired) electrons. The van der Waals surface area contributed by atoms with Crippen LogP contribution in [0, 0.1) is 11.8 Å². The molecule has 0 aromatic rings. The number of hydrogen-bond donors (Lipinski definition) is 0. The largest absolute Gasteiger partial charge is 0.340 e. The average molecular weight is 350 g/mol. The highest BCUT2D eigenvalue weighted by Gasteiger charge is 2.28. The van der Waals surface area contributed by atoms with Gasteiger partial charge in [-0.25, -0.2) is 0 Å². The number of hydrogen-bond acceptors (Lipinski definition) is 3. The smallest absolute Gasteiger partial charge is 0.225 e. The second-order valence-corrected chi connectivity index (χ2v) is 8.74. The first-order chi connectivity index (χ1) is 12.2. The first kappa shape index (κ1) is 19.2. The van der Waals surface area contributed by atoms with Crippen molar-refractivity contribution in [3.05, 3.63) is 0 Å². The van der Waals surface area contributed by atoms with Gasteiger partial charge in [0.2, 0.25) is 5.91 Å². The van der Waals surface area contributed by atoms with Crippen LogP contribution in [0.4, 0.5) is 0 Å². The predicted octanol–water partition coefficient (Wildman–Crippen LogP) is 3.22. The lowest BCUT2D eigenvalue weighted by atomic mass is 9.88. The van der Waals surface area contributed by atoms with Gasteiger partial charge in [-0.1, -0.05) is 32.1 Å².